The number of aromatic nitrogens is 1. The van der Waals surface area contributed by atoms with Gasteiger partial charge < -0.3 is 5.32 Å². The summed E-state index contributed by atoms with van der Waals surface area (Å²) in [4.78, 5) is 16.1. The minimum absolute atomic E-state index is 0.277. The van der Waals surface area contributed by atoms with E-state index in [1.165, 1.54) is 0 Å². The maximum atomic E-state index is 12.0. The first kappa shape index (κ1) is 13.8. The Kier molecular flexibility index (Phi) is 4.58. The topological polar surface area (TPSA) is 42.0 Å². The fourth-order valence-electron chi connectivity index (χ4n) is 1.31. The standard InChI is InChI=1S/C12H7BrClIN2O/c13-7-1-3-9(10(14)5-7)12(18)17-11-4-2-8(15)6-16-11/h1-6H,(H,16,17,18). The van der Waals surface area contributed by atoms with Gasteiger partial charge in [-0.1, -0.05) is 27.5 Å². The van der Waals surface area contributed by atoms with E-state index in [1.54, 1.807) is 30.5 Å². The van der Waals surface area contributed by atoms with Crippen molar-refractivity contribution in [3.8, 4) is 0 Å². The van der Waals surface area contributed by atoms with Crippen LogP contribution in [0.25, 0.3) is 0 Å². The Hall–Kier alpha value is -0.660. The van der Waals surface area contributed by atoms with Gasteiger partial charge in [-0.25, -0.2) is 4.98 Å². The molecule has 2 aromatic rings. The van der Waals surface area contributed by atoms with E-state index in [2.05, 4.69) is 48.8 Å². The van der Waals surface area contributed by atoms with Crippen LogP contribution in [0.3, 0.4) is 0 Å². The highest BCUT2D eigenvalue weighted by Crippen LogP contribution is 2.22. The van der Waals surface area contributed by atoms with Gasteiger partial charge in [-0.3, -0.25) is 4.79 Å². The van der Waals surface area contributed by atoms with Crippen molar-refractivity contribution < 1.29 is 4.79 Å². The van der Waals surface area contributed by atoms with E-state index in [0.29, 0.717) is 16.4 Å². The average Bonchev–Trinajstić information content (AvgIpc) is 2.32. The molecule has 18 heavy (non-hydrogen) atoms. The normalized spacial score (nSPS) is 10.2. The molecule has 1 heterocycles. The van der Waals surface area contributed by atoms with Gasteiger partial charge in [0, 0.05) is 14.2 Å². The average molecular weight is 437 g/mol. The number of nitrogens with zero attached hydrogens (tertiary/aromatic N) is 1. The van der Waals surface area contributed by atoms with Crippen molar-refractivity contribution in [2.24, 2.45) is 0 Å². The molecule has 0 aliphatic carbocycles. The van der Waals surface area contributed by atoms with Gasteiger partial charge in [0.2, 0.25) is 0 Å². The number of pyridine rings is 1. The summed E-state index contributed by atoms with van der Waals surface area (Å²) in [6, 6.07) is 8.72. The molecule has 3 nitrogen and oxygen atoms in total. The minimum atomic E-state index is -0.277. The number of anilines is 1. The van der Waals surface area contributed by atoms with Crippen LogP contribution in [0.2, 0.25) is 5.02 Å². The highest BCUT2D eigenvalue weighted by atomic mass is 127. The zero-order valence-electron chi connectivity index (χ0n) is 8.95. The molecule has 1 aromatic heterocycles. The van der Waals surface area contributed by atoms with Crippen LogP contribution < -0.4 is 5.32 Å². The van der Waals surface area contributed by atoms with Gasteiger partial charge in [0.05, 0.1) is 10.6 Å². The fourth-order valence-corrected chi connectivity index (χ4v) is 2.39. The third-order valence-corrected chi connectivity index (χ3v) is 3.59. The van der Waals surface area contributed by atoms with Crippen molar-refractivity contribution in [2.75, 3.05) is 5.32 Å². The predicted octanol–water partition coefficient (Wildman–Crippen LogP) is 4.35. The van der Waals surface area contributed by atoms with E-state index in [4.69, 9.17) is 11.6 Å². The summed E-state index contributed by atoms with van der Waals surface area (Å²) >= 11 is 11.4. The lowest BCUT2D eigenvalue weighted by Gasteiger charge is -2.06. The minimum Gasteiger partial charge on any atom is -0.307 e. The number of amides is 1. The third-order valence-electron chi connectivity index (χ3n) is 2.14. The maximum absolute atomic E-state index is 12.0. The molecule has 1 amide bonds. The second-order valence-corrected chi connectivity index (χ2v) is 6.01. The number of carbonyl (C=O) groups excluding carboxylic acids is 1. The number of hydrogen-bond acceptors (Lipinski definition) is 2. The van der Waals surface area contributed by atoms with Crippen molar-refractivity contribution in [2.45, 2.75) is 0 Å². The van der Waals surface area contributed by atoms with Crippen LogP contribution in [0.4, 0.5) is 5.82 Å². The van der Waals surface area contributed by atoms with Crippen LogP contribution >= 0.6 is 50.1 Å². The first-order valence-corrected chi connectivity index (χ1v) is 7.19. The largest absolute Gasteiger partial charge is 0.307 e. The van der Waals surface area contributed by atoms with Gasteiger partial charge in [0.25, 0.3) is 5.91 Å². The first-order chi connectivity index (χ1) is 8.56. The molecule has 0 fully saturated rings. The molecule has 1 N–H and O–H groups in total. The Labute approximate surface area is 131 Å². The lowest BCUT2D eigenvalue weighted by molar-refractivity contribution is 0.102. The molecule has 0 atom stereocenters. The molecule has 0 saturated heterocycles. The number of carbonyl (C=O) groups is 1. The quantitative estimate of drug-likeness (QED) is 0.710. The van der Waals surface area contributed by atoms with E-state index in [0.717, 1.165) is 8.04 Å². The summed E-state index contributed by atoms with van der Waals surface area (Å²) in [7, 11) is 0. The zero-order chi connectivity index (χ0) is 13.1. The molecule has 0 unspecified atom stereocenters. The number of rotatable bonds is 2. The van der Waals surface area contributed by atoms with E-state index < -0.39 is 0 Å². The summed E-state index contributed by atoms with van der Waals surface area (Å²) in [5, 5.41) is 3.09. The van der Waals surface area contributed by atoms with Gasteiger partial charge in [-0.2, -0.15) is 0 Å². The SMILES string of the molecule is O=C(Nc1ccc(I)cn1)c1ccc(Br)cc1Cl. The molecular weight excluding hydrogens is 430 g/mol. The van der Waals surface area contributed by atoms with Crippen molar-refractivity contribution >= 4 is 61.8 Å². The van der Waals surface area contributed by atoms with Crippen LogP contribution in [0.15, 0.2) is 41.0 Å². The molecule has 1 aromatic carbocycles. The predicted molar refractivity (Wildman–Crippen MR) is 84.1 cm³/mol. The smallest absolute Gasteiger partial charge is 0.258 e. The third kappa shape index (κ3) is 3.43. The lowest BCUT2D eigenvalue weighted by Crippen LogP contribution is -2.13. The van der Waals surface area contributed by atoms with Crippen molar-refractivity contribution in [1.29, 1.82) is 0 Å². The molecular formula is C12H7BrClIN2O. The van der Waals surface area contributed by atoms with Crippen molar-refractivity contribution in [1.82, 2.24) is 4.98 Å². The molecule has 0 spiro atoms. The van der Waals surface area contributed by atoms with Crippen molar-refractivity contribution in [3.63, 3.8) is 0 Å². The number of benzene rings is 1. The number of hydrogen-bond donors (Lipinski definition) is 1. The van der Waals surface area contributed by atoms with Gasteiger partial charge in [0.1, 0.15) is 5.82 Å². The van der Waals surface area contributed by atoms with Crippen LogP contribution in [-0.4, -0.2) is 10.9 Å². The van der Waals surface area contributed by atoms with Gasteiger partial charge in [-0.15, -0.1) is 0 Å². The van der Waals surface area contributed by atoms with Crippen LogP contribution in [0.5, 0.6) is 0 Å². The summed E-state index contributed by atoms with van der Waals surface area (Å²) in [5.41, 5.74) is 0.417. The number of nitrogens with one attached hydrogen (secondary N) is 1. The van der Waals surface area contributed by atoms with Crippen LogP contribution in [-0.2, 0) is 0 Å². The number of halogens is 3. The second-order valence-electron chi connectivity index (χ2n) is 3.44. The monoisotopic (exact) mass is 436 g/mol. The maximum Gasteiger partial charge on any atom is 0.258 e. The molecule has 0 saturated carbocycles. The highest BCUT2D eigenvalue weighted by molar-refractivity contribution is 14.1. The summed E-state index contributed by atoms with van der Waals surface area (Å²) in [6.07, 6.45) is 1.68. The van der Waals surface area contributed by atoms with Crippen LogP contribution in [0, 0.1) is 3.57 Å². The summed E-state index contributed by atoms with van der Waals surface area (Å²) in [6.45, 7) is 0. The fraction of sp³-hybridized carbons (Fsp3) is 0. The van der Waals surface area contributed by atoms with Gasteiger partial charge in [0.15, 0.2) is 0 Å². The lowest BCUT2D eigenvalue weighted by atomic mass is 10.2. The van der Waals surface area contributed by atoms with Crippen molar-refractivity contribution in [3.05, 3.63) is 55.2 Å². The highest BCUT2D eigenvalue weighted by Gasteiger charge is 2.11. The Balaban J connectivity index is 2.19. The Morgan fingerprint density at radius 1 is 1.33 bits per heavy atom. The molecule has 0 bridgehead atoms. The zero-order valence-corrected chi connectivity index (χ0v) is 13.5. The molecule has 0 aliphatic heterocycles. The molecule has 2 rings (SSSR count). The molecule has 0 radical (unpaired) electrons. The molecule has 92 valence electrons. The van der Waals surface area contributed by atoms with E-state index in [-0.39, 0.29) is 5.91 Å². The van der Waals surface area contributed by atoms with Crippen LogP contribution in [0.1, 0.15) is 10.4 Å². The van der Waals surface area contributed by atoms with Gasteiger partial charge in [-0.05, 0) is 52.9 Å². The van der Waals surface area contributed by atoms with Gasteiger partial charge >= 0.3 is 0 Å². The van der Waals surface area contributed by atoms with E-state index in [9.17, 15) is 4.79 Å². The summed E-state index contributed by atoms with van der Waals surface area (Å²) < 4.78 is 1.84. The Morgan fingerprint density at radius 2 is 2.11 bits per heavy atom. The van der Waals surface area contributed by atoms with E-state index >= 15 is 0 Å². The molecule has 6 heteroatoms. The summed E-state index contributed by atoms with van der Waals surface area (Å²) in [5.74, 6) is 0.223. The first-order valence-electron chi connectivity index (χ1n) is 4.94. The molecule has 0 aliphatic rings. The Morgan fingerprint density at radius 3 is 2.72 bits per heavy atom. The Bertz CT molecular complexity index is 589. The second kappa shape index (κ2) is 5.99. The van der Waals surface area contributed by atoms with E-state index in [1.807, 2.05) is 6.07 Å².